The molecule has 4 rings (SSSR count). The minimum Gasteiger partial charge on any atom is -0.389 e. The van der Waals surface area contributed by atoms with E-state index in [-0.39, 0.29) is 18.5 Å². The lowest BCUT2D eigenvalue weighted by Gasteiger charge is -2.38. The third-order valence-electron chi connectivity index (χ3n) is 5.38. The van der Waals surface area contributed by atoms with Crippen molar-refractivity contribution in [2.45, 2.75) is 39.5 Å². The Morgan fingerprint density at radius 2 is 2.00 bits per heavy atom. The fourth-order valence-corrected chi connectivity index (χ4v) is 3.81. The summed E-state index contributed by atoms with van der Waals surface area (Å²) in [6, 6.07) is 11.8. The SMILES string of the molecule is CC(=O)N1C[C@@H](O)[C@H](NCc2ccccc2)c2ccn3c(C)c(C)nc3c21. The number of imidazole rings is 1. The number of carbonyl (C=O) groups is 1. The summed E-state index contributed by atoms with van der Waals surface area (Å²) in [5, 5.41) is 14.2. The standard InChI is InChI=1S/C21H24N4O2/c1-13-14(2)24-10-9-17-19(22-11-16-7-5-4-6-8-16)18(27)12-25(15(3)26)20(17)21(24)23-13/h4-10,18-19,22,27H,11-12H2,1-3H3/t18-,19-/m1/s1. The van der Waals surface area contributed by atoms with E-state index in [4.69, 9.17) is 4.98 Å². The maximum atomic E-state index is 12.3. The van der Waals surface area contributed by atoms with Gasteiger partial charge in [0.1, 0.15) is 0 Å². The summed E-state index contributed by atoms with van der Waals surface area (Å²) >= 11 is 0. The molecular formula is C21H24N4O2. The van der Waals surface area contributed by atoms with Crippen LogP contribution < -0.4 is 10.2 Å². The molecule has 2 N–H and O–H groups in total. The first-order chi connectivity index (χ1) is 13.0. The molecule has 0 radical (unpaired) electrons. The number of aromatic nitrogens is 2. The number of aliphatic hydroxyl groups is 1. The lowest BCUT2D eigenvalue weighted by atomic mass is 9.94. The van der Waals surface area contributed by atoms with E-state index in [1.54, 1.807) is 4.90 Å². The van der Waals surface area contributed by atoms with Gasteiger partial charge in [-0.25, -0.2) is 4.98 Å². The summed E-state index contributed by atoms with van der Waals surface area (Å²) in [6.45, 7) is 6.40. The topological polar surface area (TPSA) is 69.9 Å². The zero-order valence-corrected chi connectivity index (χ0v) is 15.8. The fourth-order valence-electron chi connectivity index (χ4n) is 3.81. The number of nitrogens with zero attached hydrogens (tertiary/aromatic N) is 3. The number of carbonyl (C=O) groups excluding carboxylic acids is 1. The number of aryl methyl sites for hydroxylation is 2. The number of benzene rings is 1. The number of β-amino-alcohol motifs (C(OH)–C–C–N with tert-alkyl or cyclic N) is 1. The van der Waals surface area contributed by atoms with Gasteiger partial charge in [-0.2, -0.15) is 0 Å². The van der Waals surface area contributed by atoms with Gasteiger partial charge < -0.3 is 19.7 Å². The van der Waals surface area contributed by atoms with Crippen molar-refractivity contribution in [3.05, 3.63) is 65.1 Å². The predicted octanol–water partition coefficient (Wildman–Crippen LogP) is 2.51. The normalized spacial score (nSPS) is 19.3. The third-order valence-corrected chi connectivity index (χ3v) is 5.38. The van der Waals surface area contributed by atoms with Crippen LogP contribution in [0.5, 0.6) is 0 Å². The van der Waals surface area contributed by atoms with E-state index in [9.17, 15) is 9.90 Å². The Morgan fingerprint density at radius 1 is 1.26 bits per heavy atom. The van der Waals surface area contributed by atoms with Crippen LogP contribution in [0.2, 0.25) is 0 Å². The molecule has 0 saturated carbocycles. The van der Waals surface area contributed by atoms with Crippen LogP contribution in [0.4, 0.5) is 5.69 Å². The van der Waals surface area contributed by atoms with Gasteiger partial charge in [-0.05, 0) is 25.5 Å². The van der Waals surface area contributed by atoms with Crippen molar-refractivity contribution < 1.29 is 9.90 Å². The molecule has 0 unspecified atom stereocenters. The third kappa shape index (κ3) is 3.01. The van der Waals surface area contributed by atoms with Crippen molar-refractivity contribution in [1.82, 2.24) is 14.7 Å². The molecule has 1 aromatic carbocycles. The van der Waals surface area contributed by atoms with Crippen LogP contribution in [0.3, 0.4) is 0 Å². The number of anilines is 1. The number of nitrogens with one attached hydrogen (secondary N) is 1. The molecule has 140 valence electrons. The number of pyridine rings is 1. The number of amides is 1. The zero-order valence-electron chi connectivity index (χ0n) is 15.8. The highest BCUT2D eigenvalue weighted by molar-refractivity contribution is 5.97. The Bertz CT molecular complexity index is 996. The maximum absolute atomic E-state index is 12.3. The lowest BCUT2D eigenvalue weighted by molar-refractivity contribution is -0.117. The molecule has 27 heavy (non-hydrogen) atoms. The molecule has 0 aliphatic carbocycles. The van der Waals surface area contributed by atoms with Crippen molar-refractivity contribution in [2.75, 3.05) is 11.4 Å². The molecule has 0 spiro atoms. The molecule has 2 aromatic heterocycles. The Kier molecular flexibility index (Phi) is 4.45. The van der Waals surface area contributed by atoms with Gasteiger partial charge in [-0.15, -0.1) is 0 Å². The summed E-state index contributed by atoms with van der Waals surface area (Å²) in [7, 11) is 0. The maximum Gasteiger partial charge on any atom is 0.224 e. The molecule has 3 heterocycles. The number of hydrogen-bond donors (Lipinski definition) is 2. The average Bonchev–Trinajstić information content (AvgIpc) is 2.95. The van der Waals surface area contributed by atoms with Crippen LogP contribution in [-0.4, -0.2) is 33.0 Å². The minimum absolute atomic E-state index is 0.0942. The molecule has 1 aliphatic rings. The van der Waals surface area contributed by atoms with E-state index in [2.05, 4.69) is 17.4 Å². The highest BCUT2D eigenvalue weighted by atomic mass is 16.3. The van der Waals surface area contributed by atoms with E-state index < -0.39 is 6.10 Å². The summed E-state index contributed by atoms with van der Waals surface area (Å²) in [5.41, 5.74) is 5.59. The van der Waals surface area contributed by atoms with Gasteiger partial charge in [-0.1, -0.05) is 30.3 Å². The molecule has 6 nitrogen and oxygen atoms in total. The minimum atomic E-state index is -0.690. The molecule has 1 aliphatic heterocycles. The van der Waals surface area contributed by atoms with E-state index in [0.29, 0.717) is 6.54 Å². The largest absolute Gasteiger partial charge is 0.389 e. The molecular weight excluding hydrogens is 340 g/mol. The van der Waals surface area contributed by atoms with Gasteiger partial charge in [0.15, 0.2) is 5.65 Å². The summed E-state index contributed by atoms with van der Waals surface area (Å²) in [4.78, 5) is 18.6. The lowest BCUT2D eigenvalue weighted by Crippen LogP contribution is -2.47. The number of rotatable bonds is 3. The fraction of sp³-hybridized carbons (Fsp3) is 0.333. The smallest absolute Gasteiger partial charge is 0.224 e. The average molecular weight is 364 g/mol. The van der Waals surface area contributed by atoms with Gasteiger partial charge in [0.05, 0.1) is 30.1 Å². The first-order valence-electron chi connectivity index (χ1n) is 9.19. The summed E-state index contributed by atoms with van der Waals surface area (Å²) in [6.07, 6.45) is 1.28. The number of hydrogen-bond acceptors (Lipinski definition) is 4. The van der Waals surface area contributed by atoms with E-state index in [1.807, 2.05) is 48.7 Å². The quantitative estimate of drug-likeness (QED) is 0.749. The van der Waals surface area contributed by atoms with Gasteiger partial charge >= 0.3 is 0 Å². The highest BCUT2D eigenvalue weighted by Gasteiger charge is 2.36. The summed E-state index contributed by atoms with van der Waals surface area (Å²) in [5.74, 6) is -0.0942. The van der Waals surface area contributed by atoms with Crippen molar-refractivity contribution in [2.24, 2.45) is 0 Å². The van der Waals surface area contributed by atoms with Gasteiger partial charge in [0.2, 0.25) is 5.91 Å². The highest BCUT2D eigenvalue weighted by Crippen LogP contribution is 2.37. The van der Waals surface area contributed by atoms with E-state index >= 15 is 0 Å². The van der Waals surface area contributed by atoms with Crippen molar-refractivity contribution >= 4 is 17.2 Å². The Morgan fingerprint density at radius 3 is 2.70 bits per heavy atom. The predicted molar refractivity (Wildman–Crippen MR) is 105 cm³/mol. The molecule has 0 fully saturated rings. The molecule has 0 saturated heterocycles. The zero-order chi connectivity index (χ0) is 19.1. The van der Waals surface area contributed by atoms with Gasteiger partial charge in [0.25, 0.3) is 0 Å². The van der Waals surface area contributed by atoms with Crippen LogP contribution in [0.1, 0.15) is 35.5 Å². The van der Waals surface area contributed by atoms with Gasteiger partial charge in [0, 0.05) is 30.9 Å². The van der Waals surface area contributed by atoms with Crippen molar-refractivity contribution in [3.63, 3.8) is 0 Å². The van der Waals surface area contributed by atoms with Gasteiger partial charge in [-0.3, -0.25) is 4.79 Å². The molecule has 0 bridgehead atoms. The Labute approximate surface area is 158 Å². The Balaban J connectivity index is 1.79. The summed E-state index contributed by atoms with van der Waals surface area (Å²) < 4.78 is 2.01. The van der Waals surface area contributed by atoms with Crippen molar-refractivity contribution in [1.29, 1.82) is 0 Å². The van der Waals surface area contributed by atoms with Crippen LogP contribution in [-0.2, 0) is 11.3 Å². The molecule has 6 heteroatoms. The monoisotopic (exact) mass is 364 g/mol. The van der Waals surface area contributed by atoms with E-state index in [1.165, 1.54) is 6.92 Å². The van der Waals surface area contributed by atoms with E-state index in [0.717, 1.165) is 33.8 Å². The molecule has 1 amide bonds. The molecule has 2 atom stereocenters. The van der Waals surface area contributed by atoms with Crippen LogP contribution >= 0.6 is 0 Å². The first kappa shape index (κ1) is 17.7. The number of aliphatic hydroxyl groups excluding tert-OH is 1. The second-order valence-electron chi connectivity index (χ2n) is 7.14. The van der Waals surface area contributed by atoms with Crippen LogP contribution in [0.15, 0.2) is 42.6 Å². The van der Waals surface area contributed by atoms with Crippen molar-refractivity contribution in [3.8, 4) is 0 Å². The van der Waals surface area contributed by atoms with Crippen LogP contribution in [0, 0.1) is 13.8 Å². The number of fused-ring (bicyclic) bond motifs is 3. The first-order valence-corrected chi connectivity index (χ1v) is 9.19. The van der Waals surface area contributed by atoms with Crippen LogP contribution in [0.25, 0.3) is 5.65 Å². The Hall–Kier alpha value is -2.70. The second kappa shape index (κ2) is 6.79. The molecule has 3 aromatic rings. The second-order valence-corrected chi connectivity index (χ2v) is 7.14.